The van der Waals surface area contributed by atoms with Crippen molar-refractivity contribution in [1.82, 2.24) is 4.90 Å². The number of ether oxygens (including phenoxy) is 1. The van der Waals surface area contributed by atoms with Crippen molar-refractivity contribution in [1.29, 1.82) is 0 Å². The molecule has 0 saturated carbocycles. The number of rotatable bonds is 3. The first-order valence-corrected chi connectivity index (χ1v) is 11.5. The average Bonchev–Trinajstić information content (AvgIpc) is 2.84. The number of fused-ring (bicyclic) bond motifs is 1. The number of anilines is 2. The van der Waals surface area contributed by atoms with Gasteiger partial charge in [-0.2, -0.15) is 0 Å². The molecule has 0 spiro atoms. The van der Waals surface area contributed by atoms with Crippen molar-refractivity contribution < 1.29 is 14.3 Å². The molecule has 1 fully saturated rings. The largest absolute Gasteiger partial charge is 0.449 e. The second-order valence-corrected chi connectivity index (χ2v) is 8.82. The maximum atomic E-state index is 13.3. The molecular weight excluding hydrogens is 426 g/mol. The Bertz CT molecular complexity index is 1270. The van der Waals surface area contributed by atoms with E-state index in [9.17, 15) is 9.59 Å². The van der Waals surface area contributed by atoms with Crippen molar-refractivity contribution in [2.75, 3.05) is 29.9 Å². The minimum absolute atomic E-state index is 0.0431. The smallest absolute Gasteiger partial charge is 0.291 e. The van der Waals surface area contributed by atoms with Gasteiger partial charge in [0.05, 0.1) is 5.69 Å². The van der Waals surface area contributed by atoms with Crippen molar-refractivity contribution >= 4 is 29.3 Å². The van der Waals surface area contributed by atoms with E-state index in [2.05, 4.69) is 48.3 Å². The van der Waals surface area contributed by atoms with E-state index < -0.39 is 0 Å². The van der Waals surface area contributed by atoms with E-state index in [1.807, 2.05) is 35.2 Å². The van der Waals surface area contributed by atoms with Crippen molar-refractivity contribution in [3.05, 3.63) is 95.2 Å². The van der Waals surface area contributed by atoms with Gasteiger partial charge in [-0.05, 0) is 61.4 Å². The number of nitrogens with zero attached hydrogens (tertiary/aromatic N) is 2. The van der Waals surface area contributed by atoms with Gasteiger partial charge in [-0.15, -0.1) is 0 Å². The van der Waals surface area contributed by atoms with Crippen LogP contribution in [-0.2, 0) is 4.79 Å². The van der Waals surface area contributed by atoms with E-state index in [-0.39, 0.29) is 23.6 Å². The summed E-state index contributed by atoms with van der Waals surface area (Å²) in [6.07, 6.45) is 1.70. The van der Waals surface area contributed by atoms with Gasteiger partial charge >= 0.3 is 0 Å². The molecule has 6 heteroatoms. The van der Waals surface area contributed by atoms with Gasteiger partial charge in [-0.3, -0.25) is 9.59 Å². The molecule has 2 heterocycles. The van der Waals surface area contributed by atoms with Crippen molar-refractivity contribution in [3.63, 3.8) is 0 Å². The number of aryl methyl sites for hydroxylation is 1. The van der Waals surface area contributed by atoms with Gasteiger partial charge < -0.3 is 19.9 Å². The number of amides is 2. The summed E-state index contributed by atoms with van der Waals surface area (Å²) in [4.78, 5) is 30.1. The number of hydrogen-bond donors (Lipinski definition) is 1. The van der Waals surface area contributed by atoms with Gasteiger partial charge in [0.2, 0.25) is 0 Å². The highest BCUT2D eigenvalue weighted by Crippen LogP contribution is 2.33. The lowest BCUT2D eigenvalue weighted by Crippen LogP contribution is -2.53. The standard InChI is InChI=1S/C28H27N3O3/c1-19-7-6-10-23(15-19)31-14-13-30(18-20(31)2)28(33)22-11-12-25-24(17-22)29-27(32)26(34-25)16-21-8-4-3-5-9-21/h3-12,15-17,20H,13-14,18H2,1-2H3,(H,29,32)/b26-16-/t20-/m0/s1. The van der Waals surface area contributed by atoms with Crippen LogP contribution >= 0.6 is 0 Å². The summed E-state index contributed by atoms with van der Waals surface area (Å²) in [7, 11) is 0. The fourth-order valence-electron chi connectivity index (χ4n) is 4.51. The summed E-state index contributed by atoms with van der Waals surface area (Å²) >= 11 is 0. The molecule has 1 atom stereocenters. The first kappa shape index (κ1) is 21.8. The first-order chi connectivity index (χ1) is 16.5. The first-order valence-electron chi connectivity index (χ1n) is 11.5. The van der Waals surface area contributed by atoms with Gasteiger partial charge in [0, 0.05) is 36.9 Å². The molecule has 0 aromatic heterocycles. The lowest BCUT2D eigenvalue weighted by Gasteiger charge is -2.41. The van der Waals surface area contributed by atoms with Crippen LogP contribution in [0.25, 0.3) is 6.08 Å². The Morgan fingerprint density at radius 3 is 2.62 bits per heavy atom. The summed E-state index contributed by atoms with van der Waals surface area (Å²) in [5.74, 6) is 0.370. The van der Waals surface area contributed by atoms with Gasteiger partial charge in [0.25, 0.3) is 11.8 Å². The Kier molecular flexibility index (Phi) is 5.80. The average molecular weight is 454 g/mol. The normalized spacial score (nSPS) is 18.8. The van der Waals surface area contributed by atoms with Crippen LogP contribution in [0.15, 0.2) is 78.6 Å². The van der Waals surface area contributed by atoms with Crippen molar-refractivity contribution in [2.24, 2.45) is 0 Å². The second-order valence-electron chi connectivity index (χ2n) is 8.82. The highest BCUT2D eigenvalue weighted by Gasteiger charge is 2.29. The topological polar surface area (TPSA) is 61.9 Å². The third-order valence-electron chi connectivity index (χ3n) is 6.26. The molecule has 172 valence electrons. The second kappa shape index (κ2) is 9.06. The summed E-state index contributed by atoms with van der Waals surface area (Å²) in [5.41, 5.74) is 4.33. The fraction of sp³-hybridized carbons (Fsp3) is 0.214. The number of nitrogens with one attached hydrogen (secondary N) is 1. The molecule has 0 radical (unpaired) electrons. The van der Waals surface area contributed by atoms with Gasteiger partial charge in [-0.1, -0.05) is 42.5 Å². The predicted octanol–water partition coefficient (Wildman–Crippen LogP) is 4.72. The Hall–Kier alpha value is -4.06. The monoisotopic (exact) mass is 453 g/mol. The highest BCUT2D eigenvalue weighted by atomic mass is 16.5. The number of piperazine rings is 1. The molecule has 3 aromatic carbocycles. The van der Waals surface area contributed by atoms with Crippen molar-refractivity contribution in [2.45, 2.75) is 19.9 Å². The number of hydrogen-bond acceptors (Lipinski definition) is 4. The number of carbonyl (C=O) groups is 2. The molecule has 0 bridgehead atoms. The van der Waals surface area contributed by atoms with Crippen LogP contribution in [-0.4, -0.2) is 42.4 Å². The van der Waals surface area contributed by atoms with E-state index >= 15 is 0 Å². The molecule has 0 aliphatic carbocycles. The van der Waals surface area contributed by atoms with E-state index in [1.54, 1.807) is 24.3 Å². The molecule has 0 unspecified atom stereocenters. The molecule has 1 saturated heterocycles. The molecule has 3 aromatic rings. The zero-order valence-electron chi connectivity index (χ0n) is 19.3. The molecule has 2 aliphatic rings. The number of carbonyl (C=O) groups excluding carboxylic acids is 2. The maximum Gasteiger partial charge on any atom is 0.291 e. The van der Waals surface area contributed by atoms with E-state index in [0.717, 1.165) is 12.1 Å². The van der Waals surface area contributed by atoms with E-state index in [1.165, 1.54) is 11.3 Å². The minimum Gasteiger partial charge on any atom is -0.449 e. The fourth-order valence-corrected chi connectivity index (χ4v) is 4.51. The molecule has 2 aliphatic heterocycles. The minimum atomic E-state index is -0.332. The summed E-state index contributed by atoms with van der Waals surface area (Å²) in [5, 5.41) is 2.86. The Labute approximate surface area is 199 Å². The van der Waals surface area contributed by atoms with Crippen LogP contribution in [0.3, 0.4) is 0 Å². The van der Waals surface area contributed by atoms with Crippen LogP contribution in [0.5, 0.6) is 5.75 Å². The Morgan fingerprint density at radius 2 is 1.85 bits per heavy atom. The summed E-state index contributed by atoms with van der Waals surface area (Å²) < 4.78 is 5.84. The molecule has 2 amide bonds. The molecule has 1 N–H and O–H groups in total. The SMILES string of the molecule is Cc1cccc(N2CCN(C(=O)c3ccc4c(c3)NC(=O)/C(=C/c3ccccc3)O4)C[C@@H]2C)c1. The molecule has 5 rings (SSSR count). The van der Waals surface area contributed by atoms with Gasteiger partial charge in [0.1, 0.15) is 0 Å². The van der Waals surface area contributed by atoms with Gasteiger partial charge in [0.15, 0.2) is 11.5 Å². The summed E-state index contributed by atoms with van der Waals surface area (Å²) in [6.45, 7) is 6.28. The quantitative estimate of drug-likeness (QED) is 0.583. The highest BCUT2D eigenvalue weighted by molar-refractivity contribution is 6.09. The molecular formula is C28H27N3O3. The van der Waals surface area contributed by atoms with Crippen LogP contribution in [0.2, 0.25) is 0 Å². The van der Waals surface area contributed by atoms with Crippen LogP contribution in [0.4, 0.5) is 11.4 Å². The van der Waals surface area contributed by atoms with E-state index in [0.29, 0.717) is 30.1 Å². The third kappa shape index (κ3) is 4.39. The van der Waals surface area contributed by atoms with Gasteiger partial charge in [-0.25, -0.2) is 0 Å². The van der Waals surface area contributed by atoms with Crippen LogP contribution < -0.4 is 15.0 Å². The third-order valence-corrected chi connectivity index (χ3v) is 6.26. The Morgan fingerprint density at radius 1 is 1.03 bits per heavy atom. The van der Waals surface area contributed by atoms with Crippen LogP contribution in [0, 0.1) is 6.92 Å². The number of benzene rings is 3. The zero-order valence-corrected chi connectivity index (χ0v) is 19.3. The van der Waals surface area contributed by atoms with Crippen molar-refractivity contribution in [3.8, 4) is 5.75 Å². The van der Waals surface area contributed by atoms with Crippen LogP contribution in [0.1, 0.15) is 28.4 Å². The maximum absolute atomic E-state index is 13.3. The summed E-state index contributed by atoms with van der Waals surface area (Å²) in [6, 6.07) is 23.4. The lowest BCUT2D eigenvalue weighted by molar-refractivity contribution is -0.115. The molecule has 6 nitrogen and oxygen atoms in total. The molecule has 34 heavy (non-hydrogen) atoms. The predicted molar refractivity (Wildman–Crippen MR) is 134 cm³/mol. The Balaban J connectivity index is 1.30. The lowest BCUT2D eigenvalue weighted by atomic mass is 10.1. The van der Waals surface area contributed by atoms with E-state index in [4.69, 9.17) is 4.74 Å². The zero-order chi connectivity index (χ0) is 23.7.